The molecule has 8 nitrogen and oxygen atoms in total. The zero-order valence-electron chi connectivity index (χ0n) is 20.9. The van der Waals surface area contributed by atoms with Crippen LogP contribution in [0.1, 0.15) is 12.3 Å². The highest BCUT2D eigenvalue weighted by Gasteiger charge is 2.32. The number of nitrogens with zero attached hydrogens (tertiary/aromatic N) is 4. The number of fused-ring (bicyclic) bond motifs is 1. The van der Waals surface area contributed by atoms with E-state index < -0.39 is 24.9 Å². The third kappa shape index (κ3) is 5.69. The average Bonchev–Trinajstić information content (AvgIpc) is 3.49. The minimum absolute atomic E-state index is 0.0330. The lowest BCUT2D eigenvalue weighted by Crippen LogP contribution is -2.46. The molecule has 1 fully saturated rings. The number of piperidine rings is 1. The summed E-state index contributed by atoms with van der Waals surface area (Å²) in [6.45, 7) is -0.0301. The number of hydrogen-bond acceptors (Lipinski definition) is 7. The van der Waals surface area contributed by atoms with Gasteiger partial charge in [0.1, 0.15) is 18.5 Å². The quantitative estimate of drug-likeness (QED) is 0.297. The fourth-order valence-corrected chi connectivity index (χ4v) is 4.68. The third-order valence-electron chi connectivity index (χ3n) is 6.60. The van der Waals surface area contributed by atoms with Crippen molar-refractivity contribution in [3.63, 3.8) is 0 Å². The summed E-state index contributed by atoms with van der Waals surface area (Å²) in [5.74, 6) is 0.954. The first-order valence-corrected chi connectivity index (χ1v) is 12.2. The molecule has 38 heavy (non-hydrogen) atoms. The molecule has 1 aliphatic rings. The van der Waals surface area contributed by atoms with Crippen LogP contribution < -0.4 is 15.4 Å². The molecular formula is C26H28F4N6O2. The van der Waals surface area contributed by atoms with Crippen molar-refractivity contribution in [2.75, 3.05) is 37.9 Å². The van der Waals surface area contributed by atoms with Crippen molar-refractivity contribution < 1.29 is 26.8 Å². The molecule has 1 aliphatic heterocycles. The number of benzene rings is 2. The Kier molecular flexibility index (Phi) is 7.15. The van der Waals surface area contributed by atoms with E-state index in [0.29, 0.717) is 35.3 Å². The maximum Gasteiger partial charge on any atom is 0.406 e. The van der Waals surface area contributed by atoms with E-state index in [1.165, 1.54) is 0 Å². The second-order valence-electron chi connectivity index (χ2n) is 9.38. The molecule has 2 atom stereocenters. The standard InChI is InChI=1S/C26H28F4N6O2/c1-35-11-10-21(19(27)14-35)32-20-4-3-5-22-18(20)12-23(36(22)15-26(28,29)30)25-33-24(38-34-25)13-31-16-6-8-17(37-2)9-7-16/h3-9,12,19,21,31-32H,10-11,13-15H2,1-2H3/t19-,21+/m0/s1. The molecule has 2 aromatic heterocycles. The van der Waals surface area contributed by atoms with E-state index in [9.17, 15) is 17.6 Å². The van der Waals surface area contributed by atoms with Gasteiger partial charge in [-0.2, -0.15) is 18.2 Å². The highest BCUT2D eigenvalue weighted by molar-refractivity contribution is 5.96. The van der Waals surface area contributed by atoms with Gasteiger partial charge in [0.25, 0.3) is 0 Å². The lowest BCUT2D eigenvalue weighted by molar-refractivity contribution is -0.139. The SMILES string of the molecule is COc1ccc(NCc2nc(-c3cc4c(N[C@@H]5CCN(C)C[C@@H]5F)cccc4n3CC(F)(F)F)no2)cc1. The summed E-state index contributed by atoms with van der Waals surface area (Å²) in [6, 6.07) is 13.4. The van der Waals surface area contributed by atoms with E-state index in [1.807, 2.05) is 24.1 Å². The first-order chi connectivity index (χ1) is 18.2. The van der Waals surface area contributed by atoms with Crippen molar-refractivity contribution in [2.24, 2.45) is 0 Å². The Hall–Kier alpha value is -3.80. The lowest BCUT2D eigenvalue weighted by atomic mass is 10.0. The van der Waals surface area contributed by atoms with Crippen LogP contribution in [0.5, 0.6) is 5.75 Å². The smallest absolute Gasteiger partial charge is 0.406 e. The normalized spacial score (nSPS) is 18.6. The number of alkyl halides is 4. The second kappa shape index (κ2) is 10.5. The molecule has 202 valence electrons. The number of likely N-dealkylation sites (tertiary alicyclic amines) is 1. The van der Waals surface area contributed by atoms with Gasteiger partial charge in [-0.15, -0.1) is 0 Å². The maximum atomic E-state index is 14.7. The molecular weight excluding hydrogens is 504 g/mol. The van der Waals surface area contributed by atoms with E-state index in [4.69, 9.17) is 9.26 Å². The summed E-state index contributed by atoms with van der Waals surface area (Å²) in [4.78, 5) is 6.26. The zero-order chi connectivity index (χ0) is 26.9. The van der Waals surface area contributed by atoms with Crippen LogP contribution in [0.4, 0.5) is 28.9 Å². The Balaban J connectivity index is 1.43. The first-order valence-electron chi connectivity index (χ1n) is 12.2. The van der Waals surface area contributed by atoms with Crippen LogP contribution in [-0.4, -0.2) is 65.2 Å². The van der Waals surface area contributed by atoms with Crippen molar-refractivity contribution >= 4 is 22.3 Å². The summed E-state index contributed by atoms with van der Waals surface area (Å²) in [5.41, 5.74) is 1.85. The zero-order valence-corrected chi connectivity index (χ0v) is 20.9. The molecule has 5 rings (SSSR count). The molecule has 0 saturated carbocycles. The number of rotatable bonds is 8. The van der Waals surface area contributed by atoms with Crippen molar-refractivity contribution in [3.8, 4) is 17.3 Å². The summed E-state index contributed by atoms with van der Waals surface area (Å²) < 4.78 is 67.1. The third-order valence-corrected chi connectivity index (χ3v) is 6.60. The monoisotopic (exact) mass is 532 g/mol. The van der Waals surface area contributed by atoms with Crippen LogP contribution >= 0.6 is 0 Å². The van der Waals surface area contributed by atoms with E-state index in [2.05, 4.69) is 20.8 Å². The van der Waals surface area contributed by atoms with Crippen LogP contribution in [0.3, 0.4) is 0 Å². The average molecular weight is 533 g/mol. The molecule has 0 aliphatic carbocycles. The molecule has 0 spiro atoms. The van der Waals surface area contributed by atoms with Crippen molar-refractivity contribution in [1.29, 1.82) is 0 Å². The van der Waals surface area contributed by atoms with Crippen LogP contribution in [-0.2, 0) is 13.1 Å². The number of aromatic nitrogens is 3. The number of hydrogen-bond donors (Lipinski definition) is 2. The van der Waals surface area contributed by atoms with Gasteiger partial charge < -0.3 is 29.4 Å². The van der Waals surface area contributed by atoms with E-state index in [0.717, 1.165) is 16.8 Å². The van der Waals surface area contributed by atoms with Crippen molar-refractivity contribution in [1.82, 2.24) is 19.6 Å². The number of anilines is 2. The van der Waals surface area contributed by atoms with Gasteiger partial charge in [-0.25, -0.2) is 4.39 Å². The van der Waals surface area contributed by atoms with Gasteiger partial charge in [0, 0.05) is 29.9 Å². The molecule has 12 heteroatoms. The van der Waals surface area contributed by atoms with E-state index in [1.54, 1.807) is 43.5 Å². The van der Waals surface area contributed by atoms with E-state index in [-0.39, 0.29) is 24.0 Å². The number of methoxy groups -OCH3 is 1. The summed E-state index contributed by atoms with van der Waals surface area (Å²) in [5, 5.41) is 10.8. The van der Waals surface area contributed by atoms with Gasteiger partial charge >= 0.3 is 6.18 Å². The van der Waals surface area contributed by atoms with Gasteiger partial charge in [-0.3, -0.25) is 0 Å². The van der Waals surface area contributed by atoms with Gasteiger partial charge in [0.15, 0.2) is 0 Å². The predicted octanol–water partition coefficient (Wildman–Crippen LogP) is 5.33. The largest absolute Gasteiger partial charge is 0.497 e. The molecule has 1 saturated heterocycles. The first kappa shape index (κ1) is 25.8. The van der Waals surface area contributed by atoms with Crippen LogP contribution in [0, 0.1) is 0 Å². The molecule has 4 aromatic rings. The molecule has 2 aromatic carbocycles. The molecule has 0 bridgehead atoms. The minimum Gasteiger partial charge on any atom is -0.497 e. The predicted molar refractivity (Wildman–Crippen MR) is 136 cm³/mol. The van der Waals surface area contributed by atoms with E-state index >= 15 is 0 Å². The van der Waals surface area contributed by atoms with Gasteiger partial charge in [0.05, 0.1) is 30.9 Å². The number of halogens is 4. The Morgan fingerprint density at radius 3 is 2.66 bits per heavy atom. The molecule has 0 unspecified atom stereocenters. The number of ether oxygens (including phenoxy) is 1. The topological polar surface area (TPSA) is 80.4 Å². The fraction of sp³-hybridized carbons (Fsp3) is 0.385. The van der Waals surface area contributed by atoms with Gasteiger partial charge in [-0.05, 0) is 55.9 Å². The van der Waals surface area contributed by atoms with Gasteiger partial charge in [0.2, 0.25) is 11.7 Å². The molecule has 2 N–H and O–H groups in total. The summed E-state index contributed by atoms with van der Waals surface area (Å²) in [7, 11) is 3.44. The summed E-state index contributed by atoms with van der Waals surface area (Å²) in [6.07, 6.45) is -5.00. The molecule has 0 amide bonds. The van der Waals surface area contributed by atoms with Gasteiger partial charge in [-0.1, -0.05) is 11.2 Å². The van der Waals surface area contributed by atoms with Crippen LogP contribution in [0.2, 0.25) is 0 Å². The Labute approximate surface area is 216 Å². The van der Waals surface area contributed by atoms with Crippen molar-refractivity contribution in [2.45, 2.75) is 37.9 Å². The Morgan fingerprint density at radius 2 is 1.95 bits per heavy atom. The molecule has 0 radical (unpaired) electrons. The fourth-order valence-electron chi connectivity index (χ4n) is 4.68. The maximum absolute atomic E-state index is 14.7. The minimum atomic E-state index is -4.48. The summed E-state index contributed by atoms with van der Waals surface area (Å²) >= 11 is 0. The number of nitrogens with one attached hydrogen (secondary N) is 2. The second-order valence-corrected chi connectivity index (χ2v) is 9.38. The van der Waals surface area contributed by atoms with Crippen LogP contribution in [0.15, 0.2) is 53.1 Å². The highest BCUT2D eigenvalue weighted by Crippen LogP contribution is 2.35. The Morgan fingerprint density at radius 1 is 1.16 bits per heavy atom. The highest BCUT2D eigenvalue weighted by atomic mass is 19.4. The molecule has 3 heterocycles. The van der Waals surface area contributed by atoms with Crippen LogP contribution in [0.25, 0.3) is 22.4 Å². The Bertz CT molecular complexity index is 1380. The van der Waals surface area contributed by atoms with Crippen molar-refractivity contribution in [3.05, 3.63) is 54.4 Å². The lowest BCUT2D eigenvalue weighted by Gasteiger charge is -2.33.